The fourth-order valence-corrected chi connectivity index (χ4v) is 9.50. The second-order valence-electron chi connectivity index (χ2n) is 13.0. The van der Waals surface area contributed by atoms with Crippen LogP contribution in [0, 0.1) is 0 Å². The van der Waals surface area contributed by atoms with E-state index in [0.29, 0.717) is 76.9 Å². The third-order valence-corrected chi connectivity index (χ3v) is 12.0. The maximum Gasteiger partial charge on any atom is 0.349 e. The standard InChI is InChI=1S/C42H36N6O8S2/c1-5-55-41(51)35-33(31-27(53-3)9-7-11-29(31)57-35)39-45-23-19-21(37(43)49)13-15-25(23)47(39)17-18-48-26-16-14-22(38(44)50)20-24(26)46-40(48)34-32-28(54-4)10-8-12-30(32)58-36(34)42(52)56-6-2/h7-16,19-20H,5-6,17-18H2,1-4H3,(H2,43,49)(H2,44,50). The number of methoxy groups -OCH3 is 2. The summed E-state index contributed by atoms with van der Waals surface area (Å²) in [6.07, 6.45) is 0. The maximum absolute atomic E-state index is 13.7. The van der Waals surface area contributed by atoms with E-state index in [2.05, 4.69) is 0 Å². The molecule has 4 N–H and O–H groups in total. The normalized spacial score (nSPS) is 11.4. The molecule has 8 rings (SSSR count). The zero-order valence-corrected chi connectivity index (χ0v) is 33.4. The third-order valence-electron chi connectivity index (χ3n) is 9.78. The van der Waals surface area contributed by atoms with Crippen molar-refractivity contribution in [3.8, 4) is 34.3 Å². The number of hydrogen-bond acceptors (Lipinski definition) is 12. The van der Waals surface area contributed by atoms with E-state index in [1.165, 1.54) is 22.7 Å². The number of amides is 2. The average molecular weight is 817 g/mol. The molecule has 0 saturated carbocycles. The lowest BCUT2D eigenvalue weighted by molar-refractivity contribution is 0.0523. The van der Waals surface area contributed by atoms with Gasteiger partial charge in [0.2, 0.25) is 11.8 Å². The molecule has 0 aliphatic carbocycles. The van der Waals surface area contributed by atoms with Crippen LogP contribution in [-0.4, -0.2) is 70.3 Å². The Labute approximate surface area is 338 Å². The lowest BCUT2D eigenvalue weighted by Gasteiger charge is -2.15. The van der Waals surface area contributed by atoms with E-state index >= 15 is 0 Å². The van der Waals surface area contributed by atoms with Crippen molar-refractivity contribution in [2.75, 3.05) is 27.4 Å². The molecular weight excluding hydrogens is 781 g/mol. The summed E-state index contributed by atoms with van der Waals surface area (Å²) >= 11 is 2.54. The highest BCUT2D eigenvalue weighted by molar-refractivity contribution is 7.22. The number of nitrogens with two attached hydrogens (primary N) is 2. The molecule has 0 unspecified atom stereocenters. The smallest absolute Gasteiger partial charge is 0.349 e. The van der Waals surface area contributed by atoms with Gasteiger partial charge in [0, 0.05) is 44.4 Å². The Morgan fingerprint density at radius 2 is 1.03 bits per heavy atom. The van der Waals surface area contributed by atoms with Gasteiger partial charge in [0.05, 0.1) is 60.6 Å². The molecule has 14 nitrogen and oxygen atoms in total. The Morgan fingerprint density at radius 1 is 0.621 bits per heavy atom. The first-order valence-electron chi connectivity index (χ1n) is 18.2. The summed E-state index contributed by atoms with van der Waals surface area (Å²) in [7, 11) is 3.12. The molecule has 4 aromatic carbocycles. The van der Waals surface area contributed by atoms with Gasteiger partial charge in [0.15, 0.2) is 0 Å². The van der Waals surface area contributed by atoms with Crippen LogP contribution in [0.15, 0.2) is 72.8 Å². The van der Waals surface area contributed by atoms with Crippen LogP contribution in [0.1, 0.15) is 53.9 Å². The van der Waals surface area contributed by atoms with Crippen LogP contribution in [0.3, 0.4) is 0 Å². The number of esters is 2. The summed E-state index contributed by atoms with van der Waals surface area (Å²) < 4.78 is 28.2. The number of nitrogens with zero attached hydrogens (tertiary/aromatic N) is 4. The summed E-state index contributed by atoms with van der Waals surface area (Å²) in [4.78, 5) is 62.8. The number of carbonyl (C=O) groups excluding carboxylic acids is 4. The number of imidazole rings is 2. The molecule has 294 valence electrons. The Kier molecular flexibility index (Phi) is 10.0. The number of primary amides is 2. The third kappa shape index (κ3) is 6.35. The number of aryl methyl sites for hydroxylation is 2. The van der Waals surface area contributed by atoms with E-state index < -0.39 is 23.8 Å². The van der Waals surface area contributed by atoms with Crippen molar-refractivity contribution in [2.24, 2.45) is 11.5 Å². The van der Waals surface area contributed by atoms with Gasteiger partial charge in [-0.25, -0.2) is 19.6 Å². The quantitative estimate of drug-likeness (QED) is 0.111. The van der Waals surface area contributed by atoms with Gasteiger partial charge in [-0.1, -0.05) is 12.1 Å². The fourth-order valence-electron chi connectivity index (χ4n) is 7.28. The molecule has 0 spiro atoms. The topological polar surface area (TPSA) is 193 Å². The molecule has 0 atom stereocenters. The van der Waals surface area contributed by atoms with Crippen LogP contribution in [-0.2, 0) is 22.6 Å². The maximum atomic E-state index is 13.7. The van der Waals surface area contributed by atoms with Gasteiger partial charge in [-0.15, -0.1) is 22.7 Å². The summed E-state index contributed by atoms with van der Waals surface area (Å²) in [6.45, 7) is 4.27. The van der Waals surface area contributed by atoms with Crippen LogP contribution in [0.25, 0.3) is 65.0 Å². The minimum Gasteiger partial charge on any atom is -0.496 e. The van der Waals surface area contributed by atoms with Crippen molar-refractivity contribution in [3.05, 3.63) is 93.7 Å². The van der Waals surface area contributed by atoms with E-state index in [1.807, 2.05) is 45.5 Å². The van der Waals surface area contributed by atoms with Gasteiger partial charge in [0.25, 0.3) is 0 Å². The molecule has 0 fully saturated rings. The molecule has 58 heavy (non-hydrogen) atoms. The monoisotopic (exact) mass is 816 g/mol. The first-order chi connectivity index (χ1) is 28.1. The number of aromatic nitrogens is 4. The molecular formula is C42H36N6O8S2. The molecule has 0 saturated heterocycles. The molecule has 0 aliphatic heterocycles. The van der Waals surface area contributed by atoms with Crippen molar-refractivity contribution < 1.29 is 38.1 Å². The number of fused-ring (bicyclic) bond motifs is 4. The fraction of sp³-hybridized carbons (Fsp3) is 0.190. The number of thiophene rings is 2. The van der Waals surface area contributed by atoms with Gasteiger partial charge in [-0.05, 0) is 74.5 Å². The van der Waals surface area contributed by atoms with Gasteiger partial charge in [-0.3, -0.25) is 9.59 Å². The van der Waals surface area contributed by atoms with Crippen molar-refractivity contribution in [2.45, 2.75) is 26.9 Å². The molecule has 4 heterocycles. The van der Waals surface area contributed by atoms with Crippen LogP contribution in [0.2, 0.25) is 0 Å². The highest BCUT2D eigenvalue weighted by atomic mass is 32.1. The van der Waals surface area contributed by atoms with Gasteiger partial charge in [0.1, 0.15) is 32.9 Å². The molecule has 16 heteroatoms. The Morgan fingerprint density at radius 3 is 1.40 bits per heavy atom. The minimum absolute atomic E-state index is 0.159. The number of carbonyl (C=O) groups is 4. The molecule has 2 amide bonds. The highest BCUT2D eigenvalue weighted by Gasteiger charge is 2.30. The van der Waals surface area contributed by atoms with Crippen LogP contribution < -0.4 is 20.9 Å². The number of rotatable bonds is 13. The lowest BCUT2D eigenvalue weighted by atomic mass is 10.1. The van der Waals surface area contributed by atoms with Gasteiger partial charge < -0.3 is 39.5 Å². The number of benzene rings is 4. The first-order valence-corrected chi connectivity index (χ1v) is 19.9. The van der Waals surface area contributed by atoms with E-state index in [1.54, 1.807) is 64.5 Å². The van der Waals surface area contributed by atoms with E-state index in [-0.39, 0.29) is 37.4 Å². The van der Waals surface area contributed by atoms with Crippen LogP contribution in [0.4, 0.5) is 0 Å². The van der Waals surface area contributed by atoms with Crippen LogP contribution >= 0.6 is 22.7 Å². The SMILES string of the molecule is CCOC(=O)c1sc2cccc(OC)c2c1-c1nc2cc(C(N)=O)ccc2n1CCn1c(-c2c(C(=O)OCC)sc3cccc(OC)c23)nc2cc(C(N)=O)ccc21. The lowest BCUT2D eigenvalue weighted by Crippen LogP contribution is -2.13. The summed E-state index contributed by atoms with van der Waals surface area (Å²) in [5.74, 6) is -0.353. The Balaban J connectivity index is 1.39. The number of ether oxygens (including phenoxy) is 4. The second-order valence-corrected chi connectivity index (χ2v) is 15.1. The average Bonchev–Trinajstić information content (AvgIpc) is 3.99. The molecule has 4 aromatic heterocycles. The van der Waals surface area contributed by atoms with Crippen molar-refractivity contribution >= 4 is 88.7 Å². The van der Waals surface area contributed by atoms with Gasteiger partial charge >= 0.3 is 11.9 Å². The van der Waals surface area contributed by atoms with E-state index in [4.69, 9.17) is 40.4 Å². The predicted octanol–water partition coefficient (Wildman–Crippen LogP) is 7.42. The molecule has 0 aliphatic rings. The predicted molar refractivity (Wildman–Crippen MR) is 223 cm³/mol. The second kappa shape index (κ2) is 15.3. The Bertz CT molecular complexity index is 2780. The zero-order chi connectivity index (χ0) is 40.8. The highest BCUT2D eigenvalue weighted by Crippen LogP contribution is 2.46. The number of hydrogen-bond donors (Lipinski definition) is 2. The largest absolute Gasteiger partial charge is 0.496 e. The molecule has 0 bridgehead atoms. The molecule has 8 aromatic rings. The zero-order valence-electron chi connectivity index (χ0n) is 31.8. The van der Waals surface area contributed by atoms with Crippen molar-refractivity contribution in [1.82, 2.24) is 19.1 Å². The van der Waals surface area contributed by atoms with Crippen molar-refractivity contribution in [3.63, 3.8) is 0 Å². The summed E-state index contributed by atoms with van der Waals surface area (Å²) in [5, 5.41) is 1.35. The minimum atomic E-state index is -0.617. The van der Waals surface area contributed by atoms with E-state index in [9.17, 15) is 19.2 Å². The summed E-state index contributed by atoms with van der Waals surface area (Å²) in [6, 6.07) is 21.2. The van der Waals surface area contributed by atoms with Crippen molar-refractivity contribution in [1.29, 1.82) is 0 Å². The Hall–Kier alpha value is -6.78. The first kappa shape index (κ1) is 38.1. The summed E-state index contributed by atoms with van der Waals surface area (Å²) in [5.41, 5.74) is 15.2. The molecule has 0 radical (unpaired) electrons. The van der Waals surface area contributed by atoms with Gasteiger partial charge in [-0.2, -0.15) is 0 Å². The van der Waals surface area contributed by atoms with Crippen LogP contribution in [0.5, 0.6) is 11.5 Å². The van der Waals surface area contributed by atoms with E-state index in [0.717, 1.165) is 9.40 Å².